The highest BCUT2D eigenvalue weighted by atomic mass is 16.8. The van der Waals surface area contributed by atoms with E-state index >= 15 is 0 Å². The van der Waals surface area contributed by atoms with Crippen LogP contribution in [0.2, 0.25) is 0 Å². The van der Waals surface area contributed by atoms with Crippen LogP contribution in [-0.4, -0.2) is 193 Å². The minimum atomic E-state index is -1.97. The van der Waals surface area contributed by atoms with Gasteiger partial charge >= 0.3 is 0 Å². The molecule has 0 aromatic rings. The molecule has 3 heterocycles. The van der Waals surface area contributed by atoms with E-state index in [2.05, 4.69) is 12.2 Å². The predicted molar refractivity (Wildman–Crippen MR) is 238 cm³/mol. The average Bonchev–Trinajstić information content (AvgIpc) is 3.30. The Morgan fingerprint density at radius 2 is 1.06 bits per heavy atom. The number of carbonyl (C=O) groups is 1. The number of aliphatic hydroxyl groups is 11. The van der Waals surface area contributed by atoms with Gasteiger partial charge in [0.1, 0.15) is 73.2 Å². The van der Waals surface area contributed by atoms with Crippen molar-refractivity contribution in [3.8, 4) is 0 Å². The molecule has 7 aliphatic rings. The molecule has 1 amide bonds. The van der Waals surface area contributed by atoms with Crippen LogP contribution < -0.4 is 5.32 Å². The Morgan fingerprint density at radius 3 is 1.57 bits per heavy atom. The molecule has 0 radical (unpaired) electrons. The molecule has 3 saturated heterocycles. The van der Waals surface area contributed by atoms with Crippen LogP contribution >= 0.6 is 0 Å². The molecule has 7 fully saturated rings. The Morgan fingerprint density at radius 1 is 0.612 bits per heavy atom. The monoisotopic (exact) mass is 962 g/mol. The summed E-state index contributed by atoms with van der Waals surface area (Å²) in [6.07, 6.45) is -1.86. The van der Waals surface area contributed by atoms with Gasteiger partial charge in [-0.15, -0.1) is 0 Å². The fourth-order valence-corrected chi connectivity index (χ4v) is 12.0. The lowest BCUT2D eigenvalue weighted by atomic mass is 9.49. The van der Waals surface area contributed by atoms with E-state index < -0.39 is 124 Å². The van der Waals surface area contributed by atoms with Crippen molar-refractivity contribution >= 4 is 5.91 Å². The maximum absolute atomic E-state index is 13.8. The average molecular weight is 962 g/mol. The lowest BCUT2D eigenvalue weighted by Gasteiger charge is -2.56. The number of nitrogens with one attached hydrogen (secondary N) is 1. The first-order chi connectivity index (χ1) is 32.2. The van der Waals surface area contributed by atoms with Crippen molar-refractivity contribution < 1.29 is 89.4 Å². The summed E-state index contributed by atoms with van der Waals surface area (Å²) in [6, 6.07) is -0.953. The number of hydrogen-bond acceptors (Lipinski definition) is 18. The van der Waals surface area contributed by atoms with Gasteiger partial charge in [-0.1, -0.05) is 83.3 Å². The fraction of sp³-hybridized carbons (Fsp3) is 0.938. The predicted octanol–water partition coefficient (Wildman–Crippen LogP) is 0.161. The maximum atomic E-state index is 13.8. The molecule has 19 nitrogen and oxygen atoms in total. The molecule has 7 rings (SSSR count). The summed E-state index contributed by atoms with van der Waals surface area (Å²) in [5.74, 6) is 1.75. The van der Waals surface area contributed by atoms with Crippen LogP contribution in [0.4, 0.5) is 0 Å². The van der Waals surface area contributed by atoms with Crippen molar-refractivity contribution in [3.63, 3.8) is 0 Å². The van der Waals surface area contributed by atoms with E-state index in [0.717, 1.165) is 44.9 Å². The number of rotatable bonds is 27. The number of unbranched alkanes of at least 4 members (excludes halogenated alkanes) is 11. The largest absolute Gasteiger partial charge is 0.394 e. The van der Waals surface area contributed by atoms with Crippen LogP contribution in [0.25, 0.3) is 0 Å². The smallest absolute Gasteiger partial charge is 0.220 e. The molecule has 4 aliphatic carbocycles. The van der Waals surface area contributed by atoms with Gasteiger partial charge in [-0.25, -0.2) is 0 Å². The summed E-state index contributed by atoms with van der Waals surface area (Å²) in [7, 11) is 0. The Hall–Kier alpha value is -1.47. The van der Waals surface area contributed by atoms with Crippen LogP contribution in [0.15, 0.2) is 12.2 Å². The molecular formula is C48H83NO18. The van der Waals surface area contributed by atoms with E-state index in [-0.39, 0.29) is 17.9 Å². The molecule has 0 aromatic heterocycles. The molecule has 4 saturated carbocycles. The van der Waals surface area contributed by atoms with Gasteiger partial charge in [-0.3, -0.25) is 4.79 Å². The summed E-state index contributed by atoms with van der Waals surface area (Å²) in [5.41, 5.74) is -0.0582. The van der Waals surface area contributed by atoms with E-state index in [1.54, 1.807) is 6.08 Å². The van der Waals surface area contributed by atoms with Crippen LogP contribution in [0.1, 0.15) is 129 Å². The van der Waals surface area contributed by atoms with E-state index in [1.165, 1.54) is 70.6 Å². The van der Waals surface area contributed by atoms with Gasteiger partial charge < -0.3 is 89.9 Å². The number of aliphatic hydroxyl groups excluding tert-OH is 11. The third-order valence-electron chi connectivity index (χ3n) is 15.3. The number of allylic oxidation sites excluding steroid dienone is 1. The van der Waals surface area contributed by atoms with Crippen LogP contribution in [-0.2, 0) is 33.2 Å². The first kappa shape index (κ1) is 54.9. The molecule has 3 aliphatic heterocycles. The quantitative estimate of drug-likeness (QED) is 0.0386. The SMILES string of the molecule is CCCCCCCCCCCCC/C=C/[C@@H](O)[C@H](CO[C@@H]1O[C@H](CO)[C@@H](O[C@@H]2O[C@H](CO)[C@H](O[C@H]3O[C@H](CO)[C@H](O)[C@H](O)[C@H]3O)[C@H](O)[C@H]2O)[C@H](O)[C@H]1O)NC(=O)CC12CC3CC(CC(C3)C1)C2. The molecule has 17 atom stereocenters. The highest BCUT2D eigenvalue weighted by molar-refractivity contribution is 5.77. The molecule has 0 spiro atoms. The zero-order valence-corrected chi connectivity index (χ0v) is 39.2. The fourth-order valence-electron chi connectivity index (χ4n) is 12.0. The lowest BCUT2D eigenvalue weighted by molar-refractivity contribution is -0.379. The van der Waals surface area contributed by atoms with E-state index in [9.17, 15) is 61.0 Å². The molecule has 19 heteroatoms. The van der Waals surface area contributed by atoms with Crippen molar-refractivity contribution in [1.29, 1.82) is 0 Å². The molecular weight excluding hydrogens is 879 g/mol. The minimum Gasteiger partial charge on any atom is -0.394 e. The van der Waals surface area contributed by atoms with E-state index in [4.69, 9.17) is 28.4 Å². The third-order valence-corrected chi connectivity index (χ3v) is 15.3. The first-order valence-electron chi connectivity index (χ1n) is 25.3. The highest BCUT2D eigenvalue weighted by Crippen LogP contribution is 2.61. The Bertz CT molecular complexity index is 1450. The number of hydrogen-bond donors (Lipinski definition) is 12. The van der Waals surface area contributed by atoms with Gasteiger partial charge in [-0.2, -0.15) is 0 Å². The van der Waals surface area contributed by atoms with E-state index in [1.807, 2.05) is 6.08 Å². The standard InChI is InChI=1S/C48H83NO18/c1-2-3-4-5-6-7-8-9-10-11-12-13-14-15-31(53)30(49-35(54)22-48-19-27-16-28(20-48)18-29(17-27)21-48)26-62-45-41(60)38(57)43(33(24-51)64-45)67-47-42(61)39(58)44(34(25-52)65-47)66-46-40(59)37(56)36(55)32(23-50)63-46/h14-15,27-34,36-47,50-53,55-61H,2-13,16-26H2,1H3,(H,49,54)/b15-14+/t27?,28?,29?,30-,31+,32+,33+,34+,36-,37-,38+,39+,40+,41+,42+,43+,44-,45+,46+,47-,48?/m0/s1. The van der Waals surface area contributed by atoms with Crippen molar-refractivity contribution in [2.75, 3.05) is 26.4 Å². The second-order valence-electron chi connectivity index (χ2n) is 20.7. The number of ether oxygens (including phenoxy) is 6. The van der Waals surface area contributed by atoms with Gasteiger partial charge in [-0.05, 0) is 74.5 Å². The van der Waals surface area contributed by atoms with Gasteiger partial charge in [0.2, 0.25) is 5.91 Å². The zero-order chi connectivity index (χ0) is 48.3. The molecule has 0 aromatic carbocycles. The minimum absolute atomic E-state index is 0.0582. The summed E-state index contributed by atoms with van der Waals surface area (Å²) in [4.78, 5) is 13.8. The van der Waals surface area contributed by atoms with Crippen molar-refractivity contribution in [2.45, 2.75) is 233 Å². The maximum Gasteiger partial charge on any atom is 0.220 e. The molecule has 4 bridgehead atoms. The number of amides is 1. The Kier molecular flexibility index (Phi) is 21.5. The topological polar surface area (TPSA) is 307 Å². The lowest BCUT2D eigenvalue weighted by Crippen LogP contribution is -2.66. The summed E-state index contributed by atoms with van der Waals surface area (Å²) >= 11 is 0. The Labute approximate surface area is 394 Å². The normalized spacial score (nSPS) is 41.7. The molecule has 388 valence electrons. The van der Waals surface area contributed by atoms with Crippen molar-refractivity contribution in [1.82, 2.24) is 5.32 Å². The van der Waals surface area contributed by atoms with Crippen LogP contribution in [0.5, 0.6) is 0 Å². The highest BCUT2D eigenvalue weighted by Gasteiger charge is 2.55. The zero-order valence-electron chi connectivity index (χ0n) is 39.2. The molecule has 12 N–H and O–H groups in total. The summed E-state index contributed by atoms with van der Waals surface area (Å²) in [6.45, 7) is -0.507. The molecule has 0 unspecified atom stereocenters. The Balaban J connectivity index is 1.03. The van der Waals surface area contributed by atoms with Crippen LogP contribution in [0, 0.1) is 23.2 Å². The van der Waals surface area contributed by atoms with Gasteiger partial charge in [0.05, 0.1) is 38.6 Å². The van der Waals surface area contributed by atoms with Crippen molar-refractivity contribution in [3.05, 3.63) is 12.2 Å². The summed E-state index contributed by atoms with van der Waals surface area (Å²) in [5, 5.41) is 120. The van der Waals surface area contributed by atoms with Gasteiger partial charge in [0, 0.05) is 6.42 Å². The van der Waals surface area contributed by atoms with Gasteiger partial charge in [0.25, 0.3) is 0 Å². The van der Waals surface area contributed by atoms with Gasteiger partial charge in [0.15, 0.2) is 18.9 Å². The third kappa shape index (κ3) is 14.4. The first-order valence-corrected chi connectivity index (χ1v) is 25.3. The van der Waals surface area contributed by atoms with Crippen molar-refractivity contribution in [2.24, 2.45) is 23.2 Å². The second-order valence-corrected chi connectivity index (χ2v) is 20.7. The number of carbonyl (C=O) groups excluding carboxylic acids is 1. The van der Waals surface area contributed by atoms with E-state index in [0.29, 0.717) is 24.2 Å². The van der Waals surface area contributed by atoms with Crippen LogP contribution in [0.3, 0.4) is 0 Å². The second kappa shape index (κ2) is 26.3. The summed E-state index contributed by atoms with van der Waals surface area (Å²) < 4.78 is 34.3. The molecule has 67 heavy (non-hydrogen) atoms.